The van der Waals surface area contributed by atoms with Crippen LogP contribution in [0.4, 0.5) is 0 Å². The van der Waals surface area contributed by atoms with Crippen molar-refractivity contribution in [3.05, 3.63) is 23.6 Å². The molecule has 1 aliphatic heterocycles. The van der Waals surface area contributed by atoms with E-state index >= 15 is 0 Å². The molecule has 2 heterocycles. The van der Waals surface area contributed by atoms with Crippen LogP contribution in [0.2, 0.25) is 0 Å². The summed E-state index contributed by atoms with van der Waals surface area (Å²) in [5, 5.41) is 5.27. The zero-order chi connectivity index (χ0) is 12.5. The van der Waals surface area contributed by atoms with Crippen LogP contribution in [0.15, 0.2) is 12.0 Å². The third kappa shape index (κ3) is 2.92. The molecule has 0 saturated carbocycles. The van der Waals surface area contributed by atoms with E-state index in [0.717, 1.165) is 30.1 Å². The fourth-order valence-electron chi connectivity index (χ4n) is 1.84. The maximum absolute atomic E-state index is 11.3. The fourth-order valence-corrected chi connectivity index (χ4v) is 2.52. The summed E-state index contributed by atoms with van der Waals surface area (Å²) in [5.41, 5.74) is 0. The maximum Gasteiger partial charge on any atom is 0.172 e. The van der Waals surface area contributed by atoms with Crippen LogP contribution in [0, 0.1) is 6.92 Å². The number of nitrogens with zero attached hydrogens (tertiary/aromatic N) is 4. The van der Waals surface area contributed by atoms with Crippen LogP contribution in [0.3, 0.4) is 0 Å². The van der Waals surface area contributed by atoms with Crippen LogP contribution < -0.4 is 0 Å². The molecule has 7 heteroatoms. The van der Waals surface area contributed by atoms with Crippen molar-refractivity contribution in [2.45, 2.75) is 20.0 Å². The Morgan fingerprint density at radius 1 is 1.47 bits per heavy atom. The molecule has 94 valence electrons. The Bertz CT molecular complexity index is 520. The highest BCUT2D eigenvalue weighted by atomic mass is 32.2. The van der Waals surface area contributed by atoms with Gasteiger partial charge in [-0.3, -0.25) is 4.90 Å². The number of sulfone groups is 1. The molecule has 0 aromatic carbocycles. The third-order valence-electron chi connectivity index (χ3n) is 2.79. The largest absolute Gasteiger partial charge is 0.293 e. The number of aryl methyl sites for hydroxylation is 1. The zero-order valence-corrected chi connectivity index (χ0v) is 10.7. The van der Waals surface area contributed by atoms with Gasteiger partial charge in [0.05, 0.1) is 18.8 Å². The number of hydrogen-bond acceptors (Lipinski definition) is 5. The van der Waals surface area contributed by atoms with Gasteiger partial charge in [-0.15, -0.1) is 0 Å². The first-order valence-corrected chi connectivity index (χ1v) is 7.19. The van der Waals surface area contributed by atoms with Crippen molar-refractivity contribution in [3.63, 3.8) is 0 Å². The molecular weight excluding hydrogens is 240 g/mol. The van der Waals surface area contributed by atoms with Crippen LogP contribution in [0.25, 0.3) is 0 Å². The van der Waals surface area contributed by atoms with Crippen LogP contribution >= 0.6 is 0 Å². The Labute approximate surface area is 101 Å². The van der Waals surface area contributed by atoms with Crippen molar-refractivity contribution in [1.82, 2.24) is 19.7 Å². The molecule has 1 aromatic heterocycles. The Balaban J connectivity index is 1.96. The van der Waals surface area contributed by atoms with Gasteiger partial charge in [-0.2, -0.15) is 5.10 Å². The lowest BCUT2D eigenvalue weighted by molar-refractivity contribution is 0.221. The molecule has 0 bridgehead atoms. The fraction of sp³-hybridized carbons (Fsp3) is 0.600. The quantitative estimate of drug-likeness (QED) is 0.756. The molecule has 2 rings (SSSR count). The average Bonchev–Trinajstić information content (AvgIpc) is 2.66. The summed E-state index contributed by atoms with van der Waals surface area (Å²) >= 11 is 0. The standard InChI is InChI=1S/C10H16N4O2S/c1-3-17(15,16)7-6-13-4-5-14-10(8-13)11-9(2)12-14/h3H,1,4-8H2,2H3. The van der Waals surface area contributed by atoms with Crippen molar-refractivity contribution in [3.8, 4) is 0 Å². The molecule has 0 saturated heterocycles. The molecular formula is C10H16N4O2S. The molecule has 17 heavy (non-hydrogen) atoms. The first kappa shape index (κ1) is 12.3. The lowest BCUT2D eigenvalue weighted by Gasteiger charge is -2.25. The van der Waals surface area contributed by atoms with Gasteiger partial charge in [0.15, 0.2) is 9.84 Å². The summed E-state index contributed by atoms with van der Waals surface area (Å²) in [6.07, 6.45) is 0. The minimum Gasteiger partial charge on any atom is -0.293 e. The number of fused-ring (bicyclic) bond motifs is 1. The van der Waals surface area contributed by atoms with Gasteiger partial charge in [0.1, 0.15) is 11.6 Å². The SMILES string of the molecule is C=CS(=O)(=O)CCN1CCn2nc(C)nc2C1. The maximum atomic E-state index is 11.3. The molecule has 0 radical (unpaired) electrons. The number of hydrogen-bond donors (Lipinski definition) is 0. The highest BCUT2D eigenvalue weighted by Gasteiger charge is 2.19. The lowest BCUT2D eigenvalue weighted by Crippen LogP contribution is -2.37. The zero-order valence-electron chi connectivity index (χ0n) is 9.83. The van der Waals surface area contributed by atoms with E-state index < -0.39 is 9.84 Å². The van der Waals surface area contributed by atoms with Crippen LogP contribution in [0.1, 0.15) is 11.6 Å². The van der Waals surface area contributed by atoms with E-state index in [1.165, 1.54) is 0 Å². The monoisotopic (exact) mass is 256 g/mol. The third-order valence-corrected chi connectivity index (χ3v) is 4.05. The Kier molecular flexibility index (Phi) is 3.30. The smallest absolute Gasteiger partial charge is 0.172 e. The van der Waals surface area contributed by atoms with E-state index in [2.05, 4.69) is 21.6 Å². The van der Waals surface area contributed by atoms with E-state index in [1.807, 2.05) is 11.6 Å². The molecule has 6 nitrogen and oxygen atoms in total. The Morgan fingerprint density at radius 3 is 2.94 bits per heavy atom. The Morgan fingerprint density at radius 2 is 2.24 bits per heavy atom. The van der Waals surface area contributed by atoms with Crippen molar-refractivity contribution in [1.29, 1.82) is 0 Å². The lowest BCUT2D eigenvalue weighted by atomic mass is 10.4. The van der Waals surface area contributed by atoms with Crippen molar-refractivity contribution >= 4 is 9.84 Å². The van der Waals surface area contributed by atoms with Crippen LogP contribution in [0.5, 0.6) is 0 Å². The number of aromatic nitrogens is 3. The molecule has 0 spiro atoms. The van der Waals surface area contributed by atoms with Crippen molar-refractivity contribution in [2.75, 3.05) is 18.8 Å². The van der Waals surface area contributed by atoms with E-state index in [4.69, 9.17) is 0 Å². The number of rotatable bonds is 4. The minimum atomic E-state index is -3.11. The van der Waals surface area contributed by atoms with Gasteiger partial charge in [-0.1, -0.05) is 6.58 Å². The second kappa shape index (κ2) is 4.58. The van der Waals surface area contributed by atoms with Gasteiger partial charge in [0, 0.05) is 18.5 Å². The molecule has 0 atom stereocenters. The van der Waals surface area contributed by atoms with Crippen LogP contribution in [-0.2, 0) is 22.9 Å². The molecule has 0 aliphatic carbocycles. The summed E-state index contributed by atoms with van der Waals surface area (Å²) < 4.78 is 24.5. The predicted octanol–water partition coefficient (Wildman–Crippen LogP) is -0.0396. The Hall–Kier alpha value is -1.21. The second-order valence-electron chi connectivity index (χ2n) is 4.11. The highest BCUT2D eigenvalue weighted by Crippen LogP contribution is 2.10. The van der Waals surface area contributed by atoms with Crippen molar-refractivity contribution in [2.24, 2.45) is 0 Å². The predicted molar refractivity (Wildman–Crippen MR) is 64.0 cm³/mol. The van der Waals surface area contributed by atoms with E-state index in [-0.39, 0.29) is 5.75 Å². The topological polar surface area (TPSA) is 68.1 Å². The molecule has 1 aliphatic rings. The minimum absolute atomic E-state index is 0.115. The first-order valence-electron chi connectivity index (χ1n) is 5.48. The van der Waals surface area contributed by atoms with E-state index in [1.54, 1.807) is 0 Å². The van der Waals surface area contributed by atoms with Gasteiger partial charge >= 0.3 is 0 Å². The summed E-state index contributed by atoms with van der Waals surface area (Å²) in [5.74, 6) is 1.79. The van der Waals surface area contributed by atoms with E-state index in [9.17, 15) is 8.42 Å². The van der Waals surface area contributed by atoms with Gasteiger partial charge in [-0.25, -0.2) is 18.1 Å². The highest BCUT2D eigenvalue weighted by molar-refractivity contribution is 7.94. The normalized spacial score (nSPS) is 16.8. The van der Waals surface area contributed by atoms with Gasteiger partial charge in [0.2, 0.25) is 0 Å². The molecule has 0 fully saturated rings. The summed E-state index contributed by atoms with van der Waals surface area (Å²) in [6, 6.07) is 0. The van der Waals surface area contributed by atoms with Gasteiger partial charge in [0.25, 0.3) is 0 Å². The van der Waals surface area contributed by atoms with Crippen molar-refractivity contribution < 1.29 is 8.42 Å². The molecule has 0 amide bonds. The summed E-state index contributed by atoms with van der Waals surface area (Å²) in [4.78, 5) is 6.38. The van der Waals surface area contributed by atoms with E-state index in [0.29, 0.717) is 13.1 Å². The second-order valence-corrected chi connectivity index (χ2v) is 6.18. The summed E-state index contributed by atoms with van der Waals surface area (Å²) in [6.45, 7) is 7.91. The van der Waals surface area contributed by atoms with Gasteiger partial charge < -0.3 is 0 Å². The van der Waals surface area contributed by atoms with Gasteiger partial charge in [-0.05, 0) is 6.92 Å². The summed E-state index contributed by atoms with van der Waals surface area (Å²) in [7, 11) is -3.11. The average molecular weight is 256 g/mol. The molecule has 0 unspecified atom stereocenters. The molecule has 0 N–H and O–H groups in total. The van der Waals surface area contributed by atoms with Crippen LogP contribution in [-0.4, -0.2) is 46.9 Å². The molecule has 1 aromatic rings. The first-order chi connectivity index (χ1) is 8.00.